The van der Waals surface area contributed by atoms with Crippen LogP contribution in [-0.2, 0) is 16.1 Å². The zero-order chi connectivity index (χ0) is 17.8. The van der Waals surface area contributed by atoms with Gasteiger partial charge in [0.2, 0.25) is 0 Å². The zero-order valence-corrected chi connectivity index (χ0v) is 14.7. The van der Waals surface area contributed by atoms with E-state index in [2.05, 4.69) is 4.98 Å². The quantitative estimate of drug-likeness (QED) is 0.628. The molecule has 0 fully saturated rings. The molecule has 0 radical (unpaired) electrons. The Morgan fingerprint density at radius 3 is 2.56 bits per heavy atom. The lowest BCUT2D eigenvalue weighted by molar-refractivity contribution is -0.145. The predicted octanol–water partition coefficient (Wildman–Crippen LogP) is 4.34. The number of nitrogens with zero attached hydrogens (tertiary/aromatic N) is 2. The summed E-state index contributed by atoms with van der Waals surface area (Å²) in [6.45, 7) is 6.64. The van der Waals surface area contributed by atoms with Gasteiger partial charge in [-0.25, -0.2) is 4.98 Å². The van der Waals surface area contributed by atoms with Crippen molar-refractivity contribution in [1.82, 2.24) is 9.55 Å². The van der Waals surface area contributed by atoms with E-state index >= 15 is 0 Å². The molecule has 130 valence electrons. The molecule has 0 saturated heterocycles. The second-order valence-corrected chi connectivity index (χ2v) is 6.51. The lowest BCUT2D eigenvalue weighted by Gasteiger charge is -2.09. The first-order valence-electron chi connectivity index (χ1n) is 8.36. The molecular weight excluding hydrogens is 316 g/mol. The van der Waals surface area contributed by atoms with Gasteiger partial charge in [0.15, 0.2) is 0 Å². The molecule has 1 heterocycles. The molecule has 0 aliphatic heterocycles. The van der Waals surface area contributed by atoms with Crippen LogP contribution >= 0.6 is 0 Å². The van der Waals surface area contributed by atoms with Crippen molar-refractivity contribution >= 4 is 17.0 Å². The number of aryl methyl sites for hydroxylation is 1. The number of fused-ring (bicyclic) bond motifs is 1. The van der Waals surface area contributed by atoms with Crippen molar-refractivity contribution in [2.24, 2.45) is 5.92 Å². The highest BCUT2D eigenvalue weighted by atomic mass is 16.5. The first-order valence-corrected chi connectivity index (χ1v) is 8.36. The van der Waals surface area contributed by atoms with Crippen LogP contribution in [0.1, 0.15) is 19.4 Å². The van der Waals surface area contributed by atoms with Gasteiger partial charge in [-0.1, -0.05) is 31.5 Å². The standard InChI is InChI=1S/C20H22N2O3/c1-14(2)12-24-20(23)11-22-13-21-18-10-17(8-9-19(18)22)25-16-6-4-15(3)5-7-16/h4-10,13-14H,11-12H2,1-3H3. The Morgan fingerprint density at radius 1 is 1.12 bits per heavy atom. The third kappa shape index (κ3) is 4.38. The third-order valence-corrected chi connectivity index (χ3v) is 3.73. The number of aromatic nitrogens is 2. The summed E-state index contributed by atoms with van der Waals surface area (Å²) in [6.07, 6.45) is 1.65. The fourth-order valence-electron chi connectivity index (χ4n) is 2.42. The number of carbonyl (C=O) groups is 1. The Labute approximate surface area is 147 Å². The van der Waals surface area contributed by atoms with Crippen molar-refractivity contribution in [3.8, 4) is 11.5 Å². The number of rotatable bonds is 6. The van der Waals surface area contributed by atoms with Crippen molar-refractivity contribution in [2.45, 2.75) is 27.3 Å². The topological polar surface area (TPSA) is 53.4 Å². The van der Waals surface area contributed by atoms with Crippen molar-refractivity contribution in [3.05, 3.63) is 54.4 Å². The molecule has 0 aliphatic carbocycles. The average Bonchev–Trinajstić information content (AvgIpc) is 2.97. The van der Waals surface area contributed by atoms with E-state index in [1.807, 2.05) is 63.2 Å². The van der Waals surface area contributed by atoms with Gasteiger partial charge in [-0.2, -0.15) is 0 Å². The van der Waals surface area contributed by atoms with Crippen LogP contribution < -0.4 is 4.74 Å². The molecule has 2 aromatic carbocycles. The lowest BCUT2D eigenvalue weighted by Crippen LogP contribution is -2.15. The Kier molecular flexibility index (Phi) is 5.03. The Balaban J connectivity index is 1.72. The monoisotopic (exact) mass is 338 g/mol. The van der Waals surface area contributed by atoms with E-state index in [9.17, 15) is 4.79 Å². The number of hydrogen-bond donors (Lipinski definition) is 0. The van der Waals surface area contributed by atoms with Gasteiger partial charge in [0, 0.05) is 6.07 Å². The van der Waals surface area contributed by atoms with Crippen LogP contribution in [0, 0.1) is 12.8 Å². The zero-order valence-electron chi connectivity index (χ0n) is 14.7. The predicted molar refractivity (Wildman–Crippen MR) is 96.8 cm³/mol. The molecule has 1 aromatic heterocycles. The van der Waals surface area contributed by atoms with E-state index in [0.717, 1.165) is 16.8 Å². The van der Waals surface area contributed by atoms with Crippen LogP contribution in [0.4, 0.5) is 0 Å². The fraction of sp³-hybridized carbons (Fsp3) is 0.300. The summed E-state index contributed by atoms with van der Waals surface area (Å²) in [5.41, 5.74) is 2.84. The maximum Gasteiger partial charge on any atom is 0.326 e. The second kappa shape index (κ2) is 7.38. The highest BCUT2D eigenvalue weighted by Crippen LogP contribution is 2.25. The van der Waals surface area contributed by atoms with Crippen molar-refractivity contribution in [2.75, 3.05) is 6.61 Å². The molecule has 3 rings (SSSR count). The Morgan fingerprint density at radius 2 is 1.84 bits per heavy atom. The summed E-state index contributed by atoms with van der Waals surface area (Å²) in [6, 6.07) is 13.5. The Hall–Kier alpha value is -2.82. The summed E-state index contributed by atoms with van der Waals surface area (Å²) < 4.78 is 12.9. The number of esters is 1. The highest BCUT2D eigenvalue weighted by molar-refractivity contribution is 5.79. The number of hydrogen-bond acceptors (Lipinski definition) is 4. The van der Waals surface area contributed by atoms with E-state index in [4.69, 9.17) is 9.47 Å². The molecule has 0 bridgehead atoms. The van der Waals surface area contributed by atoms with Crippen molar-refractivity contribution in [3.63, 3.8) is 0 Å². The van der Waals surface area contributed by atoms with Crippen LogP contribution in [-0.4, -0.2) is 22.1 Å². The minimum Gasteiger partial charge on any atom is -0.464 e. The first-order chi connectivity index (χ1) is 12.0. The maximum atomic E-state index is 11.9. The largest absolute Gasteiger partial charge is 0.464 e. The van der Waals surface area contributed by atoms with Crippen LogP contribution in [0.5, 0.6) is 11.5 Å². The van der Waals surface area contributed by atoms with E-state index < -0.39 is 0 Å². The number of benzene rings is 2. The van der Waals surface area contributed by atoms with Gasteiger partial charge in [0.1, 0.15) is 18.0 Å². The average molecular weight is 338 g/mol. The molecule has 0 unspecified atom stereocenters. The van der Waals surface area contributed by atoms with Gasteiger partial charge in [-0.3, -0.25) is 4.79 Å². The lowest BCUT2D eigenvalue weighted by atomic mass is 10.2. The van der Waals surface area contributed by atoms with Gasteiger partial charge in [-0.15, -0.1) is 0 Å². The van der Waals surface area contributed by atoms with Crippen LogP contribution in [0.25, 0.3) is 11.0 Å². The van der Waals surface area contributed by atoms with Gasteiger partial charge in [-0.05, 0) is 37.1 Å². The maximum absolute atomic E-state index is 11.9. The molecule has 5 nitrogen and oxygen atoms in total. The van der Waals surface area contributed by atoms with E-state index in [1.54, 1.807) is 10.9 Å². The van der Waals surface area contributed by atoms with Gasteiger partial charge in [0.25, 0.3) is 0 Å². The van der Waals surface area contributed by atoms with E-state index in [-0.39, 0.29) is 12.5 Å². The minimum absolute atomic E-state index is 0.154. The summed E-state index contributed by atoms with van der Waals surface area (Å²) in [5, 5.41) is 0. The van der Waals surface area contributed by atoms with Gasteiger partial charge < -0.3 is 14.0 Å². The van der Waals surface area contributed by atoms with Gasteiger partial charge in [0.05, 0.1) is 24.0 Å². The van der Waals surface area contributed by atoms with Crippen LogP contribution in [0.2, 0.25) is 0 Å². The molecular formula is C20H22N2O3. The molecule has 0 spiro atoms. The van der Waals surface area contributed by atoms with Crippen molar-refractivity contribution in [1.29, 1.82) is 0 Å². The van der Waals surface area contributed by atoms with Crippen LogP contribution in [0.15, 0.2) is 48.8 Å². The third-order valence-electron chi connectivity index (χ3n) is 3.73. The molecule has 0 N–H and O–H groups in total. The molecule has 3 aromatic rings. The summed E-state index contributed by atoms with van der Waals surface area (Å²) in [5.74, 6) is 1.56. The van der Waals surface area contributed by atoms with Crippen LogP contribution in [0.3, 0.4) is 0 Å². The minimum atomic E-state index is -0.256. The normalized spacial score (nSPS) is 11.0. The second-order valence-electron chi connectivity index (χ2n) is 6.51. The Bertz CT molecular complexity index is 866. The van der Waals surface area contributed by atoms with Gasteiger partial charge >= 0.3 is 5.97 Å². The SMILES string of the molecule is Cc1ccc(Oc2ccc3c(c2)ncn3CC(=O)OCC(C)C)cc1. The summed E-state index contributed by atoms with van der Waals surface area (Å²) in [4.78, 5) is 16.3. The number of carbonyl (C=O) groups excluding carboxylic acids is 1. The molecule has 0 atom stereocenters. The molecule has 0 aliphatic rings. The van der Waals surface area contributed by atoms with E-state index in [1.165, 1.54) is 5.56 Å². The molecule has 5 heteroatoms. The number of imidazole rings is 1. The molecule has 0 saturated carbocycles. The fourth-order valence-corrected chi connectivity index (χ4v) is 2.42. The first kappa shape index (κ1) is 17.0. The van der Waals surface area contributed by atoms with E-state index in [0.29, 0.717) is 18.3 Å². The molecule has 25 heavy (non-hydrogen) atoms. The highest BCUT2D eigenvalue weighted by Gasteiger charge is 2.10. The number of ether oxygens (including phenoxy) is 2. The van der Waals surface area contributed by atoms with Crippen molar-refractivity contribution < 1.29 is 14.3 Å². The summed E-state index contributed by atoms with van der Waals surface area (Å²) in [7, 11) is 0. The summed E-state index contributed by atoms with van der Waals surface area (Å²) >= 11 is 0. The molecule has 0 amide bonds. The smallest absolute Gasteiger partial charge is 0.326 e.